The number of pyridine rings is 1. The fourth-order valence-electron chi connectivity index (χ4n) is 2.34. The number of para-hydroxylation sites is 1. The lowest BCUT2D eigenvalue weighted by Crippen LogP contribution is -2.07. The van der Waals surface area contributed by atoms with Gasteiger partial charge in [-0.25, -0.2) is 0 Å². The minimum absolute atomic E-state index is 0.169. The van der Waals surface area contributed by atoms with Gasteiger partial charge in [-0.2, -0.15) is 0 Å². The first kappa shape index (κ1) is 13.1. The Kier molecular flexibility index (Phi) is 3.28. The van der Waals surface area contributed by atoms with Crippen molar-refractivity contribution in [3.05, 3.63) is 65.9 Å². The van der Waals surface area contributed by atoms with Crippen LogP contribution in [0.4, 0.5) is 5.69 Å². The van der Waals surface area contributed by atoms with Crippen molar-refractivity contribution in [1.82, 2.24) is 4.98 Å². The number of aromatic nitrogens is 1. The zero-order valence-electron chi connectivity index (χ0n) is 11.5. The number of carbonyl (C=O) groups is 1. The molecule has 3 aromatic rings. The van der Waals surface area contributed by atoms with E-state index in [1.807, 2.05) is 24.3 Å². The molecule has 0 bridgehead atoms. The van der Waals surface area contributed by atoms with E-state index in [2.05, 4.69) is 4.98 Å². The summed E-state index contributed by atoms with van der Waals surface area (Å²) in [5.74, 6) is 0.362. The second-order valence-electron chi connectivity index (χ2n) is 4.63. The number of ether oxygens (including phenoxy) is 1. The zero-order valence-corrected chi connectivity index (χ0v) is 11.5. The van der Waals surface area contributed by atoms with Gasteiger partial charge in [-0.15, -0.1) is 0 Å². The van der Waals surface area contributed by atoms with Gasteiger partial charge < -0.3 is 10.5 Å². The van der Waals surface area contributed by atoms with Gasteiger partial charge in [-0.05, 0) is 24.3 Å². The van der Waals surface area contributed by atoms with Gasteiger partial charge in [-0.3, -0.25) is 9.78 Å². The number of benzene rings is 2. The standard InChI is InChI=1S/C17H14N2O2/c1-21-14-7-3-2-6-12(14)17(20)13-9-8-11-5-4-10-19-16(11)15(13)18/h2-10H,18H2,1H3. The van der Waals surface area contributed by atoms with E-state index < -0.39 is 0 Å². The van der Waals surface area contributed by atoms with Crippen LogP contribution in [-0.4, -0.2) is 17.9 Å². The number of nitrogens with zero attached hydrogens (tertiary/aromatic N) is 1. The summed E-state index contributed by atoms with van der Waals surface area (Å²) in [5.41, 5.74) is 8.08. The largest absolute Gasteiger partial charge is 0.496 e. The summed E-state index contributed by atoms with van der Waals surface area (Å²) >= 11 is 0. The monoisotopic (exact) mass is 278 g/mol. The van der Waals surface area contributed by atoms with Crippen LogP contribution in [0.3, 0.4) is 0 Å². The van der Waals surface area contributed by atoms with E-state index in [1.165, 1.54) is 7.11 Å². The van der Waals surface area contributed by atoms with E-state index >= 15 is 0 Å². The molecule has 0 aliphatic carbocycles. The summed E-state index contributed by atoms with van der Waals surface area (Å²) in [5, 5.41) is 0.909. The Balaban J connectivity index is 2.16. The van der Waals surface area contributed by atoms with Crippen molar-refractivity contribution in [2.75, 3.05) is 12.8 Å². The molecule has 3 rings (SSSR count). The van der Waals surface area contributed by atoms with Crippen LogP contribution in [0, 0.1) is 0 Å². The quantitative estimate of drug-likeness (QED) is 0.590. The number of rotatable bonds is 3. The minimum atomic E-state index is -0.169. The third-order valence-corrected chi connectivity index (χ3v) is 3.41. The van der Waals surface area contributed by atoms with Crippen molar-refractivity contribution in [3.8, 4) is 5.75 Å². The van der Waals surface area contributed by atoms with Gasteiger partial charge in [0, 0.05) is 17.1 Å². The topological polar surface area (TPSA) is 65.2 Å². The van der Waals surface area contributed by atoms with Gasteiger partial charge in [0.05, 0.1) is 23.9 Å². The normalized spacial score (nSPS) is 10.5. The predicted octanol–water partition coefficient (Wildman–Crippen LogP) is 3.06. The maximum absolute atomic E-state index is 12.7. The summed E-state index contributed by atoms with van der Waals surface area (Å²) in [6, 6.07) is 14.4. The van der Waals surface area contributed by atoms with Crippen molar-refractivity contribution in [1.29, 1.82) is 0 Å². The number of nitrogens with two attached hydrogens (primary N) is 1. The summed E-state index contributed by atoms with van der Waals surface area (Å²) in [6.07, 6.45) is 1.66. The molecule has 0 saturated carbocycles. The molecule has 4 heteroatoms. The maximum Gasteiger partial charge on any atom is 0.198 e. The van der Waals surface area contributed by atoms with Crippen molar-refractivity contribution in [2.45, 2.75) is 0 Å². The number of anilines is 1. The number of ketones is 1. The Morgan fingerprint density at radius 3 is 2.67 bits per heavy atom. The lowest BCUT2D eigenvalue weighted by molar-refractivity contribution is 0.103. The molecule has 4 nitrogen and oxygen atoms in total. The molecule has 0 saturated heterocycles. The first-order valence-electron chi connectivity index (χ1n) is 6.53. The Bertz CT molecular complexity index is 828. The summed E-state index contributed by atoms with van der Waals surface area (Å²) < 4.78 is 5.24. The fourth-order valence-corrected chi connectivity index (χ4v) is 2.34. The van der Waals surface area contributed by atoms with E-state index in [-0.39, 0.29) is 5.78 Å². The SMILES string of the molecule is COc1ccccc1C(=O)c1ccc2cccnc2c1N. The molecule has 0 amide bonds. The number of methoxy groups -OCH3 is 1. The van der Waals surface area contributed by atoms with Crippen LogP contribution in [0.15, 0.2) is 54.7 Å². The molecule has 0 fully saturated rings. The predicted molar refractivity (Wildman–Crippen MR) is 82.6 cm³/mol. The van der Waals surface area contributed by atoms with Crippen molar-refractivity contribution in [3.63, 3.8) is 0 Å². The van der Waals surface area contributed by atoms with E-state index in [9.17, 15) is 4.79 Å². The molecule has 0 spiro atoms. The highest BCUT2D eigenvalue weighted by molar-refractivity contribution is 6.16. The molecule has 1 heterocycles. The first-order valence-corrected chi connectivity index (χ1v) is 6.53. The molecule has 2 N–H and O–H groups in total. The molecule has 0 aliphatic heterocycles. The van der Waals surface area contributed by atoms with E-state index in [0.29, 0.717) is 28.1 Å². The average molecular weight is 278 g/mol. The van der Waals surface area contributed by atoms with Crippen molar-refractivity contribution < 1.29 is 9.53 Å². The van der Waals surface area contributed by atoms with Gasteiger partial charge in [0.1, 0.15) is 5.75 Å². The molecule has 21 heavy (non-hydrogen) atoms. The Morgan fingerprint density at radius 2 is 1.86 bits per heavy atom. The zero-order chi connectivity index (χ0) is 14.8. The van der Waals surface area contributed by atoms with E-state index in [4.69, 9.17) is 10.5 Å². The molecule has 0 unspecified atom stereocenters. The molecule has 104 valence electrons. The number of carbonyl (C=O) groups excluding carboxylic acids is 1. The van der Waals surface area contributed by atoms with Gasteiger partial charge in [0.15, 0.2) is 5.78 Å². The summed E-state index contributed by atoms with van der Waals surface area (Å²) in [4.78, 5) is 17.0. The lowest BCUT2D eigenvalue weighted by atomic mass is 9.99. The number of nitrogen functional groups attached to an aromatic ring is 1. The lowest BCUT2D eigenvalue weighted by Gasteiger charge is -2.10. The highest BCUT2D eigenvalue weighted by Crippen LogP contribution is 2.27. The summed E-state index contributed by atoms with van der Waals surface area (Å²) in [7, 11) is 1.54. The smallest absolute Gasteiger partial charge is 0.198 e. The molecule has 1 aromatic heterocycles. The van der Waals surface area contributed by atoms with Gasteiger partial charge in [-0.1, -0.05) is 24.3 Å². The van der Waals surface area contributed by atoms with E-state index in [0.717, 1.165) is 5.39 Å². The van der Waals surface area contributed by atoms with Crippen LogP contribution in [0.2, 0.25) is 0 Å². The molecule has 0 radical (unpaired) electrons. The minimum Gasteiger partial charge on any atom is -0.496 e. The third kappa shape index (κ3) is 2.21. The van der Waals surface area contributed by atoms with Crippen LogP contribution in [0.25, 0.3) is 10.9 Å². The maximum atomic E-state index is 12.7. The van der Waals surface area contributed by atoms with Gasteiger partial charge in [0.2, 0.25) is 0 Å². The second-order valence-corrected chi connectivity index (χ2v) is 4.63. The first-order chi connectivity index (χ1) is 10.2. The highest BCUT2D eigenvalue weighted by atomic mass is 16.5. The molecular formula is C17H14N2O2. The van der Waals surface area contributed by atoms with Crippen LogP contribution in [-0.2, 0) is 0 Å². The fraction of sp³-hybridized carbons (Fsp3) is 0.0588. The Labute approximate surface area is 122 Å². The van der Waals surface area contributed by atoms with Gasteiger partial charge >= 0.3 is 0 Å². The Hall–Kier alpha value is -2.88. The van der Waals surface area contributed by atoms with Gasteiger partial charge in [0.25, 0.3) is 0 Å². The van der Waals surface area contributed by atoms with Crippen LogP contribution >= 0.6 is 0 Å². The van der Waals surface area contributed by atoms with Crippen molar-refractivity contribution >= 4 is 22.4 Å². The molecule has 0 aliphatic rings. The number of fused-ring (bicyclic) bond motifs is 1. The molecule has 0 atom stereocenters. The summed E-state index contributed by atoms with van der Waals surface area (Å²) in [6.45, 7) is 0. The third-order valence-electron chi connectivity index (χ3n) is 3.41. The van der Waals surface area contributed by atoms with Crippen molar-refractivity contribution in [2.24, 2.45) is 0 Å². The molecule has 2 aromatic carbocycles. The van der Waals surface area contributed by atoms with Crippen LogP contribution < -0.4 is 10.5 Å². The van der Waals surface area contributed by atoms with E-state index in [1.54, 1.807) is 30.5 Å². The average Bonchev–Trinajstić information content (AvgIpc) is 2.55. The number of hydrogen-bond donors (Lipinski definition) is 1. The highest BCUT2D eigenvalue weighted by Gasteiger charge is 2.18. The second kappa shape index (κ2) is 5.25. The van der Waals surface area contributed by atoms with Crippen LogP contribution in [0.1, 0.15) is 15.9 Å². The van der Waals surface area contributed by atoms with Crippen LogP contribution in [0.5, 0.6) is 5.75 Å². The Morgan fingerprint density at radius 1 is 1.05 bits per heavy atom. The molecular weight excluding hydrogens is 264 g/mol. The number of hydrogen-bond acceptors (Lipinski definition) is 4.